The fourth-order valence-corrected chi connectivity index (χ4v) is 5.28. The zero-order chi connectivity index (χ0) is 22.9. The maximum atomic E-state index is 2.72. The normalized spacial score (nSPS) is 18.9. The van der Waals surface area contributed by atoms with E-state index in [4.69, 9.17) is 0 Å². The highest BCUT2D eigenvalue weighted by atomic mass is 35.5. The van der Waals surface area contributed by atoms with Gasteiger partial charge in [-0.3, -0.25) is 4.90 Å². The minimum atomic E-state index is 0. The van der Waals surface area contributed by atoms with Crippen LogP contribution in [0.15, 0.2) is 91.0 Å². The Morgan fingerprint density at radius 3 is 1.71 bits per heavy atom. The molecule has 0 amide bonds. The predicted molar refractivity (Wildman–Crippen MR) is 149 cm³/mol. The molecular weight excluding hydrogens is 438 g/mol. The van der Waals surface area contributed by atoms with Crippen molar-refractivity contribution in [2.24, 2.45) is 0 Å². The van der Waals surface area contributed by atoms with Crippen molar-refractivity contribution in [3.05, 3.63) is 96.6 Å². The van der Waals surface area contributed by atoms with Crippen LogP contribution in [0.5, 0.6) is 0 Å². The van der Waals surface area contributed by atoms with E-state index in [9.17, 15) is 0 Å². The van der Waals surface area contributed by atoms with E-state index in [1.165, 1.54) is 49.4 Å². The van der Waals surface area contributed by atoms with E-state index >= 15 is 0 Å². The minimum absolute atomic E-state index is 0. The molecule has 182 valence electrons. The molecule has 3 aromatic rings. The molecule has 0 radical (unpaired) electrons. The van der Waals surface area contributed by atoms with Crippen molar-refractivity contribution < 1.29 is 0 Å². The number of piperazine rings is 1. The molecule has 3 aromatic carbocycles. The van der Waals surface area contributed by atoms with Crippen molar-refractivity contribution in [2.75, 3.05) is 37.6 Å². The molecule has 2 atom stereocenters. The lowest BCUT2D eigenvalue weighted by Crippen LogP contribution is -2.57. The van der Waals surface area contributed by atoms with Gasteiger partial charge in [-0.25, -0.2) is 0 Å². The van der Waals surface area contributed by atoms with Crippen molar-refractivity contribution >= 4 is 23.8 Å². The number of nitrogens with zero attached hydrogens (tertiary/aromatic N) is 3. The van der Waals surface area contributed by atoms with Gasteiger partial charge in [0.05, 0.1) is 0 Å². The first-order chi connectivity index (χ1) is 16.2. The van der Waals surface area contributed by atoms with Crippen LogP contribution in [0.25, 0.3) is 0 Å². The summed E-state index contributed by atoms with van der Waals surface area (Å²) >= 11 is 0. The summed E-state index contributed by atoms with van der Waals surface area (Å²) in [5.74, 6) is 0. The van der Waals surface area contributed by atoms with Gasteiger partial charge in [-0.15, -0.1) is 12.4 Å². The Balaban J connectivity index is 0.00000324. The SMILES string of the molecule is C[C@@H]1CN(CCCN(c2ccccc2)c2ccccc2)C[C@H](C)N1CCCc1ccccc1.Cl. The molecule has 4 heteroatoms. The molecule has 0 saturated carbocycles. The second-order valence-electron chi connectivity index (χ2n) is 9.46. The Kier molecular flexibility index (Phi) is 10.5. The molecule has 34 heavy (non-hydrogen) atoms. The van der Waals surface area contributed by atoms with Gasteiger partial charge in [-0.1, -0.05) is 66.7 Å². The van der Waals surface area contributed by atoms with Gasteiger partial charge in [0.1, 0.15) is 0 Å². The molecule has 0 N–H and O–H groups in total. The van der Waals surface area contributed by atoms with Crippen molar-refractivity contribution in [2.45, 2.75) is 45.2 Å². The van der Waals surface area contributed by atoms with Gasteiger partial charge in [0, 0.05) is 43.1 Å². The molecular formula is C30H40ClN3. The van der Waals surface area contributed by atoms with Gasteiger partial charge in [-0.05, 0) is 76.0 Å². The van der Waals surface area contributed by atoms with Crippen molar-refractivity contribution in [1.82, 2.24) is 9.80 Å². The van der Waals surface area contributed by atoms with Crippen LogP contribution in [-0.2, 0) is 6.42 Å². The lowest BCUT2D eigenvalue weighted by molar-refractivity contribution is 0.0381. The fraction of sp³-hybridized carbons (Fsp3) is 0.400. The van der Waals surface area contributed by atoms with Crippen LogP contribution >= 0.6 is 12.4 Å². The Bertz CT molecular complexity index is 884. The number of hydrogen-bond acceptors (Lipinski definition) is 3. The first-order valence-corrected chi connectivity index (χ1v) is 12.6. The van der Waals surface area contributed by atoms with Crippen molar-refractivity contribution in [3.8, 4) is 0 Å². The highest BCUT2D eigenvalue weighted by Crippen LogP contribution is 2.25. The van der Waals surface area contributed by atoms with E-state index in [-0.39, 0.29) is 12.4 Å². The highest BCUT2D eigenvalue weighted by molar-refractivity contribution is 5.85. The third kappa shape index (κ3) is 7.33. The van der Waals surface area contributed by atoms with Gasteiger partial charge in [0.2, 0.25) is 0 Å². The lowest BCUT2D eigenvalue weighted by atomic mass is 10.0. The third-order valence-corrected chi connectivity index (χ3v) is 6.89. The van der Waals surface area contributed by atoms with Crippen LogP contribution < -0.4 is 4.90 Å². The summed E-state index contributed by atoms with van der Waals surface area (Å²) in [7, 11) is 0. The maximum Gasteiger partial charge on any atom is 0.0410 e. The molecule has 1 heterocycles. The van der Waals surface area contributed by atoms with Crippen molar-refractivity contribution in [1.29, 1.82) is 0 Å². The van der Waals surface area contributed by atoms with E-state index in [1.54, 1.807) is 0 Å². The molecule has 0 aromatic heterocycles. The van der Waals surface area contributed by atoms with Crippen LogP contribution in [0, 0.1) is 0 Å². The maximum absolute atomic E-state index is 2.72. The molecule has 1 aliphatic heterocycles. The standard InChI is InChI=1S/C30H39N3.ClH/c1-26-24-31(25-27(2)32(26)22-12-16-28-14-6-3-7-15-28)21-13-23-33(29-17-8-4-9-18-29)30-19-10-5-11-20-30;/h3-11,14-15,17-20,26-27H,12-13,16,21-25H2,1-2H3;1H/t26-,27+;. The summed E-state index contributed by atoms with van der Waals surface area (Å²) < 4.78 is 0. The quantitative estimate of drug-likeness (QED) is 0.323. The second-order valence-corrected chi connectivity index (χ2v) is 9.46. The number of anilines is 2. The summed E-state index contributed by atoms with van der Waals surface area (Å²) in [6.07, 6.45) is 3.58. The second kappa shape index (κ2) is 13.5. The number of benzene rings is 3. The molecule has 0 aliphatic carbocycles. The molecule has 0 unspecified atom stereocenters. The molecule has 0 spiro atoms. The van der Waals surface area contributed by atoms with Crippen LogP contribution in [-0.4, -0.2) is 54.6 Å². The van der Waals surface area contributed by atoms with Crippen LogP contribution in [0.1, 0.15) is 32.3 Å². The lowest BCUT2D eigenvalue weighted by Gasteiger charge is -2.44. The molecule has 1 aliphatic rings. The molecule has 3 nitrogen and oxygen atoms in total. The number of aryl methyl sites for hydroxylation is 1. The smallest absolute Gasteiger partial charge is 0.0410 e. The molecule has 0 bridgehead atoms. The summed E-state index contributed by atoms with van der Waals surface area (Å²) in [5.41, 5.74) is 4.00. The van der Waals surface area contributed by atoms with Gasteiger partial charge in [0.25, 0.3) is 0 Å². The minimum Gasteiger partial charge on any atom is -0.341 e. The summed E-state index contributed by atoms with van der Waals surface area (Å²) in [6, 6.07) is 33.7. The Morgan fingerprint density at radius 1 is 0.676 bits per heavy atom. The number of halogens is 1. The predicted octanol–water partition coefficient (Wildman–Crippen LogP) is 6.66. The van der Waals surface area contributed by atoms with Gasteiger partial charge in [0.15, 0.2) is 0 Å². The Labute approximate surface area is 212 Å². The third-order valence-electron chi connectivity index (χ3n) is 6.89. The highest BCUT2D eigenvalue weighted by Gasteiger charge is 2.28. The zero-order valence-corrected chi connectivity index (χ0v) is 21.5. The van der Waals surface area contributed by atoms with Gasteiger partial charge < -0.3 is 9.80 Å². The van der Waals surface area contributed by atoms with E-state index < -0.39 is 0 Å². The van der Waals surface area contributed by atoms with Crippen LogP contribution in [0.2, 0.25) is 0 Å². The number of hydrogen-bond donors (Lipinski definition) is 0. The summed E-state index contributed by atoms with van der Waals surface area (Å²) in [4.78, 5) is 7.85. The first kappa shape index (κ1) is 26.3. The average molecular weight is 478 g/mol. The van der Waals surface area contributed by atoms with Gasteiger partial charge in [-0.2, -0.15) is 0 Å². The molecule has 4 rings (SSSR count). The largest absolute Gasteiger partial charge is 0.341 e. The zero-order valence-electron chi connectivity index (χ0n) is 20.7. The topological polar surface area (TPSA) is 9.72 Å². The Morgan fingerprint density at radius 2 is 1.18 bits per heavy atom. The van der Waals surface area contributed by atoms with Gasteiger partial charge >= 0.3 is 0 Å². The van der Waals surface area contributed by atoms with Crippen LogP contribution in [0.4, 0.5) is 11.4 Å². The van der Waals surface area contributed by atoms with E-state index in [1.807, 2.05) is 0 Å². The van der Waals surface area contributed by atoms with Crippen LogP contribution in [0.3, 0.4) is 0 Å². The molecule has 1 fully saturated rings. The average Bonchev–Trinajstić information content (AvgIpc) is 2.85. The number of para-hydroxylation sites is 2. The van der Waals surface area contributed by atoms with Crippen molar-refractivity contribution in [3.63, 3.8) is 0 Å². The van der Waals surface area contributed by atoms with E-state index in [0.29, 0.717) is 12.1 Å². The fourth-order valence-electron chi connectivity index (χ4n) is 5.28. The molecule has 1 saturated heterocycles. The number of rotatable bonds is 10. The van der Waals surface area contributed by atoms with E-state index in [0.717, 1.165) is 19.5 Å². The monoisotopic (exact) mass is 477 g/mol. The Hall–Kier alpha value is -2.33. The summed E-state index contributed by atoms with van der Waals surface area (Å²) in [5, 5.41) is 0. The first-order valence-electron chi connectivity index (χ1n) is 12.6. The summed E-state index contributed by atoms with van der Waals surface area (Å²) in [6.45, 7) is 10.5. The van der Waals surface area contributed by atoms with E-state index in [2.05, 4.69) is 120 Å².